The number of hydrogen-bond donors (Lipinski definition) is 9. The van der Waals surface area contributed by atoms with Gasteiger partial charge in [-0.2, -0.15) is 0 Å². The van der Waals surface area contributed by atoms with Crippen LogP contribution in [0.15, 0.2) is 42.5 Å². The predicted molar refractivity (Wildman–Crippen MR) is 147 cm³/mol. The maximum atomic E-state index is 12.7. The van der Waals surface area contributed by atoms with E-state index in [0.717, 1.165) is 6.08 Å². The molecule has 2 aromatic carbocycles. The average molecular weight is 625 g/mol. The lowest BCUT2D eigenvalue weighted by molar-refractivity contribution is -0.328. The Morgan fingerprint density at radius 3 is 2.09 bits per heavy atom. The van der Waals surface area contributed by atoms with Gasteiger partial charge < -0.3 is 69.6 Å². The molecule has 10 atom stereocenters. The van der Waals surface area contributed by atoms with Crippen molar-refractivity contribution in [2.24, 2.45) is 0 Å². The molecule has 0 unspecified atom stereocenters. The Bertz CT molecular complexity index is 1300. The van der Waals surface area contributed by atoms with Crippen molar-refractivity contribution in [3.63, 3.8) is 0 Å². The summed E-state index contributed by atoms with van der Waals surface area (Å²) in [6, 6.07) is 8.00. The van der Waals surface area contributed by atoms with Crippen molar-refractivity contribution >= 4 is 12.0 Å². The van der Waals surface area contributed by atoms with E-state index in [2.05, 4.69) is 0 Å². The highest BCUT2D eigenvalue weighted by Gasteiger charge is 2.49. The Kier molecular flexibility index (Phi) is 11.0. The van der Waals surface area contributed by atoms with E-state index >= 15 is 0 Å². The van der Waals surface area contributed by atoms with E-state index in [1.807, 2.05) is 0 Å². The lowest BCUT2D eigenvalue weighted by Crippen LogP contribution is -2.62. The standard InChI is InChI=1S/C29H36O15/c1-13-22(35)23(36)25(38)29(42-13)41-12-20-27(44-21(34)7-4-14-2-5-16(30)18(32)10-14)24(37)26(39)28(43-20)40-9-8-15-3-6-17(31)19(33)11-15/h2-7,10-11,13,20,22-33,35-39H,8-9,12H2,1H3/b7-4+/t13-,20+,22-,23+,24+,25+,26+,27+,28+,29+/m1/s1. The van der Waals surface area contributed by atoms with Crippen LogP contribution in [0, 0.1) is 0 Å². The fourth-order valence-electron chi connectivity index (χ4n) is 4.66. The van der Waals surface area contributed by atoms with Crippen LogP contribution in [0.2, 0.25) is 0 Å². The molecular formula is C29H36O15. The summed E-state index contributed by atoms with van der Waals surface area (Å²) in [6.45, 7) is 0.890. The van der Waals surface area contributed by atoms with Crippen LogP contribution in [0.3, 0.4) is 0 Å². The molecule has 2 aromatic rings. The smallest absolute Gasteiger partial charge is 0.331 e. The zero-order chi connectivity index (χ0) is 32.1. The molecule has 0 bridgehead atoms. The van der Waals surface area contributed by atoms with Crippen LogP contribution in [0.5, 0.6) is 23.0 Å². The van der Waals surface area contributed by atoms with Crippen molar-refractivity contribution in [1.82, 2.24) is 0 Å². The summed E-state index contributed by atoms with van der Waals surface area (Å²) in [7, 11) is 0. The highest BCUT2D eigenvalue weighted by molar-refractivity contribution is 5.87. The minimum absolute atomic E-state index is 0.0645. The molecular weight excluding hydrogens is 588 g/mol. The third kappa shape index (κ3) is 7.95. The molecule has 2 heterocycles. The average Bonchev–Trinajstić information content (AvgIpc) is 2.99. The Labute approximate surface area is 251 Å². The van der Waals surface area contributed by atoms with Crippen molar-refractivity contribution in [3.05, 3.63) is 53.6 Å². The van der Waals surface area contributed by atoms with Gasteiger partial charge in [-0.1, -0.05) is 12.1 Å². The van der Waals surface area contributed by atoms with Gasteiger partial charge in [-0.3, -0.25) is 0 Å². The second-order valence-electron chi connectivity index (χ2n) is 10.5. The molecule has 0 aliphatic carbocycles. The SMILES string of the molecule is C[C@H]1O[C@H](OC[C@@H]2O[C@H](OCCc3ccc(O)c(O)c3)[C@@H](O)[C@H](O)[C@H]2OC(=O)/C=C/c2ccc(O)c(O)c2)[C@@H](O)[C@@H](O)[C@@H]1O. The van der Waals surface area contributed by atoms with Gasteiger partial charge in [-0.05, 0) is 54.8 Å². The third-order valence-electron chi connectivity index (χ3n) is 7.25. The van der Waals surface area contributed by atoms with Gasteiger partial charge in [0.1, 0.15) is 36.6 Å². The van der Waals surface area contributed by atoms with Gasteiger partial charge in [-0.15, -0.1) is 0 Å². The lowest BCUT2D eigenvalue weighted by Gasteiger charge is -2.43. The highest BCUT2D eigenvalue weighted by atomic mass is 16.7. The number of rotatable bonds is 10. The minimum atomic E-state index is -1.75. The maximum Gasteiger partial charge on any atom is 0.331 e. The molecule has 15 nitrogen and oxygen atoms in total. The Morgan fingerprint density at radius 2 is 1.41 bits per heavy atom. The molecule has 4 rings (SSSR count). The van der Waals surface area contributed by atoms with Crippen LogP contribution >= 0.6 is 0 Å². The van der Waals surface area contributed by atoms with Gasteiger partial charge >= 0.3 is 5.97 Å². The zero-order valence-electron chi connectivity index (χ0n) is 23.5. The van der Waals surface area contributed by atoms with E-state index < -0.39 is 79.7 Å². The first kappa shape index (κ1) is 33.4. The second kappa shape index (κ2) is 14.5. The number of phenolic OH excluding ortho intramolecular Hbond substituents is 4. The first-order valence-corrected chi connectivity index (χ1v) is 13.7. The van der Waals surface area contributed by atoms with E-state index in [9.17, 15) is 50.8 Å². The molecule has 242 valence electrons. The first-order valence-electron chi connectivity index (χ1n) is 13.7. The number of benzene rings is 2. The molecule has 0 spiro atoms. The van der Waals surface area contributed by atoms with Crippen LogP contribution in [-0.2, 0) is 34.9 Å². The molecule has 0 aromatic heterocycles. The summed E-state index contributed by atoms with van der Waals surface area (Å²) < 4.78 is 27.8. The molecule has 9 N–H and O–H groups in total. The maximum absolute atomic E-state index is 12.7. The number of esters is 1. The fraction of sp³-hybridized carbons (Fsp3) is 0.483. The molecule has 0 radical (unpaired) electrons. The largest absolute Gasteiger partial charge is 0.504 e. The van der Waals surface area contributed by atoms with Crippen LogP contribution in [0.25, 0.3) is 6.08 Å². The minimum Gasteiger partial charge on any atom is -0.504 e. The monoisotopic (exact) mass is 624 g/mol. The lowest BCUT2D eigenvalue weighted by atomic mass is 9.98. The number of aliphatic hydroxyl groups is 5. The quantitative estimate of drug-likeness (QED) is 0.0873. The first-order chi connectivity index (χ1) is 20.8. The van der Waals surface area contributed by atoms with Crippen molar-refractivity contribution in [3.8, 4) is 23.0 Å². The third-order valence-corrected chi connectivity index (χ3v) is 7.25. The molecule has 2 saturated heterocycles. The van der Waals surface area contributed by atoms with Crippen molar-refractivity contribution < 1.29 is 74.4 Å². The van der Waals surface area contributed by atoms with Crippen molar-refractivity contribution in [1.29, 1.82) is 0 Å². The summed E-state index contributed by atoms with van der Waals surface area (Å²) in [6.07, 6.45) is -12.2. The van der Waals surface area contributed by atoms with Crippen LogP contribution in [-0.4, -0.2) is 127 Å². The van der Waals surface area contributed by atoms with Gasteiger partial charge in [0.05, 0.1) is 19.3 Å². The van der Waals surface area contributed by atoms with E-state index in [4.69, 9.17) is 23.7 Å². The molecule has 2 aliphatic rings. The number of phenols is 4. The van der Waals surface area contributed by atoms with Gasteiger partial charge in [0, 0.05) is 6.08 Å². The van der Waals surface area contributed by atoms with Gasteiger partial charge in [-0.25, -0.2) is 4.79 Å². The molecule has 0 amide bonds. The summed E-state index contributed by atoms with van der Waals surface area (Å²) >= 11 is 0. The molecule has 44 heavy (non-hydrogen) atoms. The molecule has 15 heteroatoms. The highest BCUT2D eigenvalue weighted by Crippen LogP contribution is 2.29. The summed E-state index contributed by atoms with van der Waals surface area (Å²) in [5.74, 6) is -2.37. The summed E-state index contributed by atoms with van der Waals surface area (Å²) in [5.41, 5.74) is 0.927. The number of ether oxygens (including phenoxy) is 5. The van der Waals surface area contributed by atoms with Gasteiger partial charge in [0.25, 0.3) is 0 Å². The Balaban J connectivity index is 1.45. The molecule has 0 saturated carbocycles. The molecule has 2 aliphatic heterocycles. The van der Waals surface area contributed by atoms with E-state index in [-0.39, 0.29) is 30.3 Å². The zero-order valence-corrected chi connectivity index (χ0v) is 23.5. The van der Waals surface area contributed by atoms with E-state index in [0.29, 0.717) is 11.1 Å². The fourth-order valence-corrected chi connectivity index (χ4v) is 4.66. The Hall–Kier alpha value is -3.51. The number of carbonyl (C=O) groups excluding carboxylic acids is 1. The van der Waals surface area contributed by atoms with Crippen molar-refractivity contribution in [2.45, 2.75) is 74.8 Å². The number of aliphatic hydroxyl groups excluding tert-OH is 5. The van der Waals surface area contributed by atoms with Crippen LogP contribution in [0.1, 0.15) is 18.1 Å². The number of hydrogen-bond acceptors (Lipinski definition) is 15. The van der Waals surface area contributed by atoms with Crippen LogP contribution in [0.4, 0.5) is 0 Å². The van der Waals surface area contributed by atoms with Crippen LogP contribution < -0.4 is 0 Å². The van der Waals surface area contributed by atoms with E-state index in [1.54, 1.807) is 6.07 Å². The van der Waals surface area contributed by atoms with E-state index in [1.165, 1.54) is 43.3 Å². The topological polar surface area (TPSA) is 245 Å². The predicted octanol–water partition coefficient (Wildman–Crippen LogP) is -1.02. The number of carbonyl (C=O) groups is 1. The summed E-state index contributed by atoms with van der Waals surface area (Å²) in [5, 5.41) is 90.3. The summed E-state index contributed by atoms with van der Waals surface area (Å²) in [4.78, 5) is 12.7. The normalized spacial score (nSPS) is 32.5. The van der Waals surface area contributed by atoms with Gasteiger partial charge in [0.15, 0.2) is 41.7 Å². The Morgan fingerprint density at radius 1 is 0.773 bits per heavy atom. The van der Waals surface area contributed by atoms with Crippen molar-refractivity contribution in [2.75, 3.05) is 13.2 Å². The molecule has 2 fully saturated rings. The van der Waals surface area contributed by atoms with Gasteiger partial charge in [0.2, 0.25) is 0 Å². The second-order valence-corrected chi connectivity index (χ2v) is 10.5. The number of aromatic hydroxyl groups is 4.